The van der Waals surface area contributed by atoms with Crippen molar-refractivity contribution in [2.24, 2.45) is 0 Å². The molecule has 0 fully saturated rings. The summed E-state index contributed by atoms with van der Waals surface area (Å²) in [6, 6.07) is 6.00. The first-order valence-corrected chi connectivity index (χ1v) is 5.35. The Balaban J connectivity index is 2.63. The van der Waals surface area contributed by atoms with Gasteiger partial charge in [-0.1, -0.05) is 44.7 Å². The highest BCUT2D eigenvalue weighted by Crippen LogP contribution is 2.37. The van der Waals surface area contributed by atoms with Gasteiger partial charge in [-0.05, 0) is 23.0 Å². The van der Waals surface area contributed by atoms with E-state index in [1.807, 2.05) is 18.2 Å². The Labute approximate surface area is 90.8 Å². The van der Waals surface area contributed by atoms with Crippen LogP contribution in [0.4, 0.5) is 0 Å². The van der Waals surface area contributed by atoms with Gasteiger partial charge in [-0.15, -0.1) is 0 Å². The van der Waals surface area contributed by atoms with E-state index in [2.05, 4.69) is 26.5 Å². The van der Waals surface area contributed by atoms with E-state index < -0.39 is 0 Å². The molecule has 0 aliphatic heterocycles. The Bertz CT molecular complexity index is 427. The summed E-state index contributed by atoms with van der Waals surface area (Å²) >= 11 is 0. The average Bonchev–Trinajstić information content (AvgIpc) is 2.24. The normalized spacial score (nSPS) is 18.4. The molecule has 0 saturated carbocycles. The third-order valence-electron chi connectivity index (χ3n) is 3.29. The predicted molar refractivity (Wildman–Crippen MR) is 63.1 cm³/mol. The zero-order valence-corrected chi connectivity index (χ0v) is 9.34. The van der Waals surface area contributed by atoms with Crippen molar-refractivity contribution in [3.63, 3.8) is 0 Å². The molecule has 1 aliphatic rings. The minimum absolute atomic E-state index is 0.113. The molecule has 1 aromatic rings. The Morgan fingerprint density at radius 2 is 2.13 bits per heavy atom. The van der Waals surface area contributed by atoms with Gasteiger partial charge in [0.1, 0.15) is 0 Å². The topological polar surface area (TPSA) is 17.1 Å². The smallest absolute Gasteiger partial charge is 0.163 e. The van der Waals surface area contributed by atoms with Crippen LogP contribution in [0.2, 0.25) is 0 Å². The van der Waals surface area contributed by atoms with Crippen molar-refractivity contribution >= 4 is 11.9 Å². The summed E-state index contributed by atoms with van der Waals surface area (Å²) in [5.74, 6) is 0.278. The van der Waals surface area contributed by atoms with E-state index in [0.717, 1.165) is 17.5 Å². The molecule has 1 aliphatic carbocycles. The Hall–Kier alpha value is -1.37. The molecule has 0 aromatic heterocycles. The van der Waals surface area contributed by atoms with Gasteiger partial charge in [-0.2, -0.15) is 0 Å². The monoisotopic (exact) mass is 200 g/mol. The molecule has 0 atom stereocenters. The molecule has 0 amide bonds. The molecule has 0 N–H and O–H groups in total. The number of rotatable bonds is 1. The molecule has 0 bridgehead atoms. The fraction of sp³-hybridized carbons (Fsp3) is 0.357. The first-order chi connectivity index (χ1) is 7.04. The maximum atomic E-state index is 11.7. The van der Waals surface area contributed by atoms with E-state index in [4.69, 9.17) is 0 Å². The molecule has 1 aromatic carbocycles. The van der Waals surface area contributed by atoms with E-state index in [9.17, 15) is 4.79 Å². The van der Waals surface area contributed by atoms with E-state index in [0.29, 0.717) is 6.42 Å². The second-order valence-corrected chi connectivity index (χ2v) is 4.82. The fourth-order valence-corrected chi connectivity index (χ4v) is 2.19. The highest BCUT2D eigenvalue weighted by atomic mass is 16.1. The third kappa shape index (κ3) is 1.63. The number of hydrogen-bond acceptors (Lipinski definition) is 1. The predicted octanol–water partition coefficient (Wildman–Crippen LogP) is 3.58. The van der Waals surface area contributed by atoms with Crippen molar-refractivity contribution in [3.05, 3.63) is 41.5 Å². The van der Waals surface area contributed by atoms with Crippen molar-refractivity contribution in [2.45, 2.75) is 32.1 Å². The lowest BCUT2D eigenvalue weighted by atomic mass is 9.72. The minimum atomic E-state index is 0.113. The lowest BCUT2D eigenvalue weighted by Gasteiger charge is -2.31. The SMILES string of the molecule is C=Cc1ccc2c(c1)C(C)(C)CCC2=O. The summed E-state index contributed by atoms with van der Waals surface area (Å²) in [6.07, 6.45) is 3.45. The van der Waals surface area contributed by atoms with Crippen LogP contribution in [0, 0.1) is 0 Å². The summed E-state index contributed by atoms with van der Waals surface area (Å²) in [5.41, 5.74) is 3.28. The zero-order valence-electron chi connectivity index (χ0n) is 9.34. The van der Waals surface area contributed by atoms with Crippen LogP contribution in [0.15, 0.2) is 24.8 Å². The standard InChI is InChI=1S/C14H16O/c1-4-10-5-6-11-12(9-10)14(2,3)8-7-13(11)15/h4-6,9H,1,7-8H2,2-3H3. The maximum absolute atomic E-state index is 11.7. The van der Waals surface area contributed by atoms with Crippen LogP contribution in [0.25, 0.3) is 6.08 Å². The number of carbonyl (C=O) groups excluding carboxylic acids is 1. The lowest BCUT2D eigenvalue weighted by Crippen LogP contribution is -2.27. The largest absolute Gasteiger partial charge is 0.294 e. The van der Waals surface area contributed by atoms with Crippen LogP contribution in [0.5, 0.6) is 0 Å². The molecule has 0 unspecified atom stereocenters. The van der Waals surface area contributed by atoms with Crippen LogP contribution in [0.1, 0.15) is 48.2 Å². The van der Waals surface area contributed by atoms with Gasteiger partial charge in [0.05, 0.1) is 0 Å². The zero-order chi connectivity index (χ0) is 11.1. The highest BCUT2D eigenvalue weighted by molar-refractivity contribution is 5.99. The molecule has 78 valence electrons. The van der Waals surface area contributed by atoms with E-state index in [1.165, 1.54) is 5.56 Å². The number of carbonyl (C=O) groups is 1. The number of Topliss-reactive ketones (excluding diaryl/α,β-unsaturated/α-hetero) is 1. The molecule has 1 nitrogen and oxygen atoms in total. The second-order valence-electron chi connectivity index (χ2n) is 4.82. The third-order valence-corrected chi connectivity index (χ3v) is 3.29. The molecular formula is C14H16O. The van der Waals surface area contributed by atoms with E-state index >= 15 is 0 Å². The van der Waals surface area contributed by atoms with Crippen molar-refractivity contribution in [2.75, 3.05) is 0 Å². The Kier molecular flexibility index (Phi) is 2.26. The first kappa shape index (κ1) is 10.2. The summed E-state index contributed by atoms with van der Waals surface area (Å²) in [5, 5.41) is 0. The van der Waals surface area contributed by atoms with Gasteiger partial charge in [0, 0.05) is 12.0 Å². The minimum Gasteiger partial charge on any atom is -0.294 e. The highest BCUT2D eigenvalue weighted by Gasteiger charge is 2.31. The summed E-state index contributed by atoms with van der Waals surface area (Å²) in [7, 11) is 0. The number of hydrogen-bond donors (Lipinski definition) is 0. The van der Waals surface area contributed by atoms with Gasteiger partial charge >= 0.3 is 0 Å². The molecule has 0 saturated heterocycles. The first-order valence-electron chi connectivity index (χ1n) is 5.35. The number of ketones is 1. The van der Waals surface area contributed by atoms with Crippen molar-refractivity contribution in [1.82, 2.24) is 0 Å². The maximum Gasteiger partial charge on any atom is 0.163 e. The Morgan fingerprint density at radius 3 is 2.80 bits per heavy atom. The van der Waals surface area contributed by atoms with Crippen LogP contribution in [0.3, 0.4) is 0 Å². The molecule has 15 heavy (non-hydrogen) atoms. The fourth-order valence-electron chi connectivity index (χ4n) is 2.19. The summed E-state index contributed by atoms with van der Waals surface area (Å²) < 4.78 is 0. The van der Waals surface area contributed by atoms with Crippen LogP contribution >= 0.6 is 0 Å². The molecule has 0 heterocycles. The van der Waals surface area contributed by atoms with Gasteiger partial charge in [0.2, 0.25) is 0 Å². The van der Waals surface area contributed by atoms with Gasteiger partial charge < -0.3 is 0 Å². The van der Waals surface area contributed by atoms with E-state index in [-0.39, 0.29) is 11.2 Å². The second kappa shape index (κ2) is 3.34. The average molecular weight is 200 g/mol. The molecule has 1 heteroatoms. The van der Waals surface area contributed by atoms with E-state index in [1.54, 1.807) is 0 Å². The van der Waals surface area contributed by atoms with Crippen LogP contribution in [-0.4, -0.2) is 5.78 Å². The summed E-state index contributed by atoms with van der Waals surface area (Å²) in [6.45, 7) is 8.16. The molecule has 2 rings (SSSR count). The quantitative estimate of drug-likeness (QED) is 0.677. The van der Waals surface area contributed by atoms with Gasteiger partial charge in [0.25, 0.3) is 0 Å². The molecular weight excluding hydrogens is 184 g/mol. The van der Waals surface area contributed by atoms with Gasteiger partial charge in [-0.25, -0.2) is 0 Å². The Morgan fingerprint density at radius 1 is 1.40 bits per heavy atom. The molecule has 0 radical (unpaired) electrons. The number of fused-ring (bicyclic) bond motifs is 1. The molecule has 0 spiro atoms. The van der Waals surface area contributed by atoms with Crippen LogP contribution < -0.4 is 0 Å². The van der Waals surface area contributed by atoms with Crippen molar-refractivity contribution in [1.29, 1.82) is 0 Å². The number of benzene rings is 1. The summed E-state index contributed by atoms with van der Waals surface area (Å²) in [4.78, 5) is 11.7. The van der Waals surface area contributed by atoms with Crippen molar-refractivity contribution in [3.8, 4) is 0 Å². The van der Waals surface area contributed by atoms with Crippen LogP contribution in [-0.2, 0) is 5.41 Å². The van der Waals surface area contributed by atoms with Crippen molar-refractivity contribution < 1.29 is 4.79 Å². The lowest BCUT2D eigenvalue weighted by molar-refractivity contribution is 0.0957. The van der Waals surface area contributed by atoms with Gasteiger partial charge in [0.15, 0.2) is 5.78 Å². The van der Waals surface area contributed by atoms with Gasteiger partial charge in [-0.3, -0.25) is 4.79 Å².